The highest BCUT2D eigenvalue weighted by Gasteiger charge is 2.14. The summed E-state index contributed by atoms with van der Waals surface area (Å²) in [7, 11) is 0. The number of rotatable bonds is 12. The van der Waals surface area contributed by atoms with Crippen molar-refractivity contribution in [3.63, 3.8) is 0 Å². The van der Waals surface area contributed by atoms with Crippen molar-refractivity contribution < 1.29 is 14.7 Å². The Balaban J connectivity index is 4.05. The van der Waals surface area contributed by atoms with Gasteiger partial charge in [-0.15, -0.1) is 11.8 Å². The van der Waals surface area contributed by atoms with Gasteiger partial charge in [-0.3, -0.25) is 9.59 Å². The smallest absolute Gasteiger partial charge is 0.217 e. The second-order valence-corrected chi connectivity index (χ2v) is 7.74. The summed E-state index contributed by atoms with van der Waals surface area (Å²) in [5.41, 5.74) is 2.43. The van der Waals surface area contributed by atoms with E-state index in [9.17, 15) is 9.59 Å². The molecule has 0 saturated carbocycles. The highest BCUT2D eigenvalue weighted by Crippen LogP contribution is 2.17. The Kier molecular flexibility index (Phi) is 12.7. The van der Waals surface area contributed by atoms with Gasteiger partial charge in [0, 0.05) is 25.0 Å². The second kappa shape index (κ2) is 13.2. The molecule has 0 saturated heterocycles. The summed E-state index contributed by atoms with van der Waals surface area (Å²) in [6.45, 7) is 9.57. The van der Waals surface area contributed by atoms with Gasteiger partial charge in [0.2, 0.25) is 5.91 Å². The largest absolute Gasteiger partial charge is 0.392 e. The molecular weight excluding hydrogens is 322 g/mol. The van der Waals surface area contributed by atoms with E-state index in [1.807, 2.05) is 26.8 Å². The third-order valence-corrected chi connectivity index (χ3v) is 5.10. The molecule has 0 aromatic carbocycles. The summed E-state index contributed by atoms with van der Waals surface area (Å²) in [6.07, 6.45) is 7.28. The van der Waals surface area contributed by atoms with Crippen LogP contribution in [0.4, 0.5) is 0 Å². The molecule has 0 rings (SSSR count). The van der Waals surface area contributed by atoms with E-state index in [1.54, 1.807) is 11.8 Å². The molecule has 0 bridgehead atoms. The fraction of sp³-hybridized carbons (Fsp3) is 0.684. The molecule has 0 radical (unpaired) electrons. The van der Waals surface area contributed by atoms with Gasteiger partial charge >= 0.3 is 0 Å². The van der Waals surface area contributed by atoms with Gasteiger partial charge in [0.25, 0.3) is 0 Å². The van der Waals surface area contributed by atoms with Crippen molar-refractivity contribution in [2.75, 3.05) is 12.4 Å². The number of carbonyl (C=O) groups excluding carboxylic acids is 2. The maximum absolute atomic E-state index is 12.2. The number of hydrogen-bond acceptors (Lipinski definition) is 4. The van der Waals surface area contributed by atoms with E-state index in [1.165, 1.54) is 18.1 Å². The molecule has 2 N–H and O–H groups in total. The Morgan fingerprint density at radius 2 is 1.67 bits per heavy atom. The molecule has 1 amide bonds. The highest BCUT2D eigenvalue weighted by atomic mass is 32.2. The zero-order valence-corrected chi connectivity index (χ0v) is 16.5. The van der Waals surface area contributed by atoms with Gasteiger partial charge in [0.1, 0.15) is 5.78 Å². The second-order valence-electron chi connectivity index (χ2n) is 6.37. The molecule has 2 unspecified atom stereocenters. The topological polar surface area (TPSA) is 66.4 Å². The Labute approximate surface area is 151 Å². The van der Waals surface area contributed by atoms with Crippen LogP contribution in [0.5, 0.6) is 0 Å². The Morgan fingerprint density at radius 3 is 2.25 bits per heavy atom. The van der Waals surface area contributed by atoms with Crippen LogP contribution in [0.15, 0.2) is 23.3 Å². The van der Waals surface area contributed by atoms with E-state index in [4.69, 9.17) is 5.11 Å². The third-order valence-electron chi connectivity index (χ3n) is 3.79. The molecule has 24 heavy (non-hydrogen) atoms. The molecule has 0 heterocycles. The van der Waals surface area contributed by atoms with E-state index in [2.05, 4.69) is 18.3 Å². The van der Waals surface area contributed by atoms with Gasteiger partial charge in [-0.25, -0.2) is 0 Å². The predicted molar refractivity (Wildman–Crippen MR) is 103 cm³/mol. The number of amides is 1. The zero-order valence-electron chi connectivity index (χ0n) is 15.7. The van der Waals surface area contributed by atoms with Crippen LogP contribution in [-0.4, -0.2) is 34.5 Å². The summed E-state index contributed by atoms with van der Waals surface area (Å²) in [5, 5.41) is 11.7. The summed E-state index contributed by atoms with van der Waals surface area (Å²) < 4.78 is 0. The van der Waals surface area contributed by atoms with Crippen molar-refractivity contribution in [3.05, 3.63) is 23.3 Å². The number of Topliss-reactive ketones (excluding diaryl/α,β-unsaturated/α-hetero) is 1. The number of thioether (sulfide) groups is 1. The van der Waals surface area contributed by atoms with Crippen molar-refractivity contribution in [3.8, 4) is 0 Å². The quantitative estimate of drug-likeness (QED) is 0.412. The number of allylic oxidation sites excluding steroid dienone is 3. The number of carbonyl (C=O) groups is 2. The first-order valence-electron chi connectivity index (χ1n) is 8.59. The van der Waals surface area contributed by atoms with E-state index in [-0.39, 0.29) is 29.6 Å². The number of hydrogen-bond donors (Lipinski definition) is 2. The molecule has 0 aromatic rings. The first kappa shape index (κ1) is 22.9. The van der Waals surface area contributed by atoms with Crippen molar-refractivity contribution >= 4 is 23.5 Å². The van der Waals surface area contributed by atoms with Crippen molar-refractivity contribution in [2.45, 2.75) is 65.7 Å². The lowest BCUT2D eigenvalue weighted by Crippen LogP contribution is -2.29. The lowest BCUT2D eigenvalue weighted by atomic mass is 10.0. The minimum Gasteiger partial charge on any atom is -0.392 e. The van der Waals surface area contributed by atoms with Crippen LogP contribution >= 0.6 is 11.8 Å². The monoisotopic (exact) mass is 355 g/mol. The first-order valence-corrected chi connectivity index (χ1v) is 9.64. The van der Waals surface area contributed by atoms with Crippen LogP contribution in [0, 0.1) is 5.92 Å². The van der Waals surface area contributed by atoms with Crippen LogP contribution in [0.25, 0.3) is 0 Å². The van der Waals surface area contributed by atoms with Gasteiger partial charge in [-0.05, 0) is 40.0 Å². The Hall–Kier alpha value is -1.07. The van der Waals surface area contributed by atoms with Gasteiger partial charge in [0.15, 0.2) is 0 Å². The zero-order chi connectivity index (χ0) is 18.5. The van der Waals surface area contributed by atoms with Crippen LogP contribution in [-0.2, 0) is 9.59 Å². The molecule has 0 spiro atoms. The average molecular weight is 356 g/mol. The predicted octanol–water partition coefficient (Wildman–Crippen LogP) is 3.85. The van der Waals surface area contributed by atoms with Crippen LogP contribution in [0.2, 0.25) is 0 Å². The fourth-order valence-electron chi connectivity index (χ4n) is 2.18. The SMILES string of the molecule is CC(=O)NC(C)SCC(C)C(=O)CCC(C)=CCCC(C)=CCO. The number of ketones is 1. The molecule has 138 valence electrons. The molecule has 4 nitrogen and oxygen atoms in total. The molecule has 0 aliphatic heterocycles. The minimum absolute atomic E-state index is 0.00809. The lowest BCUT2D eigenvalue weighted by molar-refractivity contribution is -0.121. The fourth-order valence-corrected chi connectivity index (χ4v) is 3.20. The van der Waals surface area contributed by atoms with E-state index < -0.39 is 0 Å². The van der Waals surface area contributed by atoms with Crippen molar-refractivity contribution in [1.29, 1.82) is 0 Å². The van der Waals surface area contributed by atoms with Gasteiger partial charge in [0.05, 0.1) is 12.0 Å². The number of aliphatic hydroxyl groups excluding tert-OH is 1. The van der Waals surface area contributed by atoms with Crippen molar-refractivity contribution in [2.24, 2.45) is 5.92 Å². The first-order chi connectivity index (χ1) is 11.3. The lowest BCUT2D eigenvalue weighted by Gasteiger charge is -2.15. The molecule has 0 aliphatic rings. The number of aliphatic hydroxyl groups is 1. The summed E-state index contributed by atoms with van der Waals surface area (Å²) >= 11 is 1.60. The minimum atomic E-state index is -0.0428. The maximum atomic E-state index is 12.2. The van der Waals surface area contributed by atoms with Crippen LogP contribution < -0.4 is 5.32 Å². The summed E-state index contributed by atoms with van der Waals surface area (Å²) in [6, 6.07) is 0. The Morgan fingerprint density at radius 1 is 1.04 bits per heavy atom. The molecule has 5 heteroatoms. The third kappa shape index (κ3) is 12.4. The molecule has 0 aromatic heterocycles. The standard InChI is InChI=1S/C19H33NO3S/c1-14(7-6-8-15(2)11-12-21)9-10-19(23)16(3)13-24-18(5)20-17(4)22/h7,11,16,18,21H,6,8-10,12-13H2,1-5H3,(H,20,22). The molecule has 0 fully saturated rings. The van der Waals surface area contributed by atoms with Crippen LogP contribution in [0.1, 0.15) is 60.3 Å². The molecule has 2 atom stereocenters. The molecular formula is C19H33NO3S. The summed E-state index contributed by atoms with van der Waals surface area (Å²) in [5.74, 6) is 0.975. The Bertz CT molecular complexity index is 458. The normalized spacial score (nSPS) is 15.1. The van der Waals surface area contributed by atoms with E-state index in [0.717, 1.165) is 25.0 Å². The van der Waals surface area contributed by atoms with Crippen LogP contribution in [0.3, 0.4) is 0 Å². The van der Waals surface area contributed by atoms with Gasteiger partial charge in [-0.2, -0.15) is 0 Å². The maximum Gasteiger partial charge on any atom is 0.217 e. The average Bonchev–Trinajstić information content (AvgIpc) is 2.49. The highest BCUT2D eigenvalue weighted by molar-refractivity contribution is 7.99. The molecule has 0 aliphatic carbocycles. The summed E-state index contributed by atoms with van der Waals surface area (Å²) in [4.78, 5) is 23.1. The van der Waals surface area contributed by atoms with Gasteiger partial charge < -0.3 is 10.4 Å². The van der Waals surface area contributed by atoms with E-state index in [0.29, 0.717) is 6.42 Å². The van der Waals surface area contributed by atoms with E-state index >= 15 is 0 Å². The van der Waals surface area contributed by atoms with Gasteiger partial charge in [-0.1, -0.05) is 30.2 Å². The van der Waals surface area contributed by atoms with Crippen molar-refractivity contribution in [1.82, 2.24) is 5.32 Å². The number of nitrogens with one attached hydrogen (secondary N) is 1.